The van der Waals surface area contributed by atoms with Gasteiger partial charge in [-0.05, 0) is 35.9 Å². The van der Waals surface area contributed by atoms with Crippen molar-refractivity contribution < 1.29 is 9.47 Å². The van der Waals surface area contributed by atoms with Crippen LogP contribution in [-0.4, -0.2) is 16.8 Å². The predicted octanol–water partition coefficient (Wildman–Crippen LogP) is 5.00. The standard InChI is InChI=1S/C15H10BrClN2O2S/c16-10-5-14-13(20-7-21-14)3-8(10)6-22-15-18-11-2-1-9(17)4-12(11)19-15/h1-5H,6-7H2,(H,18,19). The highest BCUT2D eigenvalue weighted by Gasteiger charge is 2.16. The van der Waals surface area contributed by atoms with Crippen molar-refractivity contribution in [3.05, 3.63) is 45.4 Å². The molecule has 22 heavy (non-hydrogen) atoms. The number of rotatable bonds is 3. The number of benzene rings is 2. The van der Waals surface area contributed by atoms with Crippen LogP contribution in [0.3, 0.4) is 0 Å². The summed E-state index contributed by atoms with van der Waals surface area (Å²) in [6.45, 7) is 0.280. The molecule has 3 aromatic rings. The number of halogens is 2. The van der Waals surface area contributed by atoms with Crippen molar-refractivity contribution in [1.82, 2.24) is 9.97 Å². The Morgan fingerprint density at radius 2 is 2.05 bits per heavy atom. The number of hydrogen-bond donors (Lipinski definition) is 1. The highest BCUT2D eigenvalue weighted by Crippen LogP contribution is 2.38. The Labute approximate surface area is 144 Å². The summed E-state index contributed by atoms with van der Waals surface area (Å²) in [6.07, 6.45) is 0. The lowest BCUT2D eigenvalue weighted by Crippen LogP contribution is -1.92. The van der Waals surface area contributed by atoms with Crippen LogP contribution in [0.5, 0.6) is 11.5 Å². The Kier molecular flexibility index (Phi) is 3.68. The highest BCUT2D eigenvalue weighted by atomic mass is 79.9. The molecule has 1 aliphatic rings. The summed E-state index contributed by atoms with van der Waals surface area (Å²) in [5.41, 5.74) is 2.99. The zero-order chi connectivity index (χ0) is 15.1. The molecule has 2 aromatic carbocycles. The summed E-state index contributed by atoms with van der Waals surface area (Å²) < 4.78 is 11.8. The van der Waals surface area contributed by atoms with Crippen molar-refractivity contribution in [2.24, 2.45) is 0 Å². The first kappa shape index (κ1) is 14.2. The molecule has 112 valence electrons. The average Bonchev–Trinajstić information content (AvgIpc) is 3.09. The number of nitrogens with zero attached hydrogens (tertiary/aromatic N) is 1. The number of H-pyrrole nitrogens is 1. The lowest BCUT2D eigenvalue weighted by molar-refractivity contribution is 0.174. The van der Waals surface area contributed by atoms with Crippen LogP contribution in [0, 0.1) is 0 Å². The molecule has 7 heteroatoms. The zero-order valence-electron chi connectivity index (χ0n) is 11.2. The fourth-order valence-corrected chi connectivity index (χ4v) is 3.94. The summed E-state index contributed by atoms with van der Waals surface area (Å²) in [5, 5.41) is 1.56. The van der Waals surface area contributed by atoms with Crippen molar-refractivity contribution >= 4 is 50.3 Å². The van der Waals surface area contributed by atoms with Crippen molar-refractivity contribution in [2.75, 3.05) is 6.79 Å². The number of aromatic nitrogens is 2. The molecular formula is C15H10BrClN2O2S. The van der Waals surface area contributed by atoms with E-state index in [1.54, 1.807) is 11.8 Å². The second kappa shape index (κ2) is 5.68. The van der Waals surface area contributed by atoms with Gasteiger partial charge in [-0.25, -0.2) is 4.98 Å². The summed E-state index contributed by atoms with van der Waals surface area (Å²) >= 11 is 11.2. The monoisotopic (exact) mass is 396 g/mol. The van der Waals surface area contributed by atoms with E-state index in [0.29, 0.717) is 5.02 Å². The normalized spacial score (nSPS) is 13.0. The zero-order valence-corrected chi connectivity index (χ0v) is 14.4. The Balaban J connectivity index is 1.56. The van der Waals surface area contributed by atoms with Crippen LogP contribution in [0.15, 0.2) is 40.0 Å². The van der Waals surface area contributed by atoms with E-state index < -0.39 is 0 Å². The molecule has 0 saturated heterocycles. The number of nitrogens with one attached hydrogen (secondary N) is 1. The van der Waals surface area contributed by atoms with Crippen molar-refractivity contribution in [3.8, 4) is 11.5 Å². The molecule has 0 unspecified atom stereocenters. The molecule has 1 aliphatic heterocycles. The molecule has 0 radical (unpaired) electrons. The third kappa shape index (κ3) is 2.66. The predicted molar refractivity (Wildman–Crippen MR) is 90.9 cm³/mol. The van der Waals surface area contributed by atoms with E-state index in [9.17, 15) is 0 Å². The van der Waals surface area contributed by atoms with Gasteiger partial charge in [0.15, 0.2) is 16.7 Å². The van der Waals surface area contributed by atoms with E-state index in [0.717, 1.165) is 43.5 Å². The van der Waals surface area contributed by atoms with Gasteiger partial charge in [0, 0.05) is 15.2 Å². The minimum atomic E-state index is 0.280. The van der Waals surface area contributed by atoms with Gasteiger partial charge in [0.25, 0.3) is 0 Å². The Bertz CT molecular complexity index is 868. The van der Waals surface area contributed by atoms with E-state index in [4.69, 9.17) is 21.1 Å². The van der Waals surface area contributed by atoms with Crippen LogP contribution >= 0.6 is 39.3 Å². The topological polar surface area (TPSA) is 47.1 Å². The molecule has 0 bridgehead atoms. The van der Waals surface area contributed by atoms with Crippen LogP contribution in [0.25, 0.3) is 11.0 Å². The first-order valence-electron chi connectivity index (χ1n) is 6.55. The van der Waals surface area contributed by atoms with E-state index in [-0.39, 0.29) is 6.79 Å². The highest BCUT2D eigenvalue weighted by molar-refractivity contribution is 9.10. The molecule has 1 N–H and O–H groups in total. The lowest BCUT2D eigenvalue weighted by Gasteiger charge is -2.05. The smallest absolute Gasteiger partial charge is 0.231 e. The van der Waals surface area contributed by atoms with Gasteiger partial charge in [-0.2, -0.15) is 0 Å². The minimum absolute atomic E-state index is 0.280. The summed E-state index contributed by atoms with van der Waals surface area (Å²) in [5.74, 6) is 2.33. The van der Waals surface area contributed by atoms with Gasteiger partial charge in [-0.15, -0.1) is 0 Å². The summed E-state index contributed by atoms with van der Waals surface area (Å²) in [7, 11) is 0. The Morgan fingerprint density at radius 1 is 1.23 bits per heavy atom. The molecule has 4 rings (SSSR count). The largest absolute Gasteiger partial charge is 0.454 e. The molecule has 2 heterocycles. The molecule has 0 spiro atoms. The molecule has 1 aromatic heterocycles. The maximum atomic E-state index is 5.99. The third-order valence-electron chi connectivity index (χ3n) is 3.33. The van der Waals surface area contributed by atoms with E-state index in [2.05, 4.69) is 25.9 Å². The first-order valence-corrected chi connectivity index (χ1v) is 8.71. The van der Waals surface area contributed by atoms with Gasteiger partial charge in [-0.3, -0.25) is 0 Å². The Hall–Kier alpha value is -1.37. The fraction of sp³-hybridized carbons (Fsp3) is 0.133. The molecule has 0 amide bonds. The Morgan fingerprint density at radius 3 is 2.91 bits per heavy atom. The number of fused-ring (bicyclic) bond motifs is 2. The van der Waals surface area contributed by atoms with E-state index in [1.807, 2.05) is 30.3 Å². The van der Waals surface area contributed by atoms with Gasteiger partial charge in [-0.1, -0.05) is 39.3 Å². The lowest BCUT2D eigenvalue weighted by atomic mass is 10.2. The van der Waals surface area contributed by atoms with E-state index in [1.165, 1.54) is 0 Å². The molecule has 4 nitrogen and oxygen atoms in total. The van der Waals surface area contributed by atoms with Crippen LogP contribution < -0.4 is 9.47 Å². The van der Waals surface area contributed by atoms with Gasteiger partial charge in [0.05, 0.1) is 11.0 Å². The van der Waals surface area contributed by atoms with E-state index >= 15 is 0 Å². The number of thioether (sulfide) groups is 1. The first-order chi connectivity index (χ1) is 10.7. The second-order valence-electron chi connectivity index (χ2n) is 4.79. The quantitative estimate of drug-likeness (QED) is 0.632. The van der Waals surface area contributed by atoms with Gasteiger partial charge >= 0.3 is 0 Å². The van der Waals surface area contributed by atoms with Gasteiger partial charge < -0.3 is 14.5 Å². The van der Waals surface area contributed by atoms with Crippen LogP contribution in [0.4, 0.5) is 0 Å². The van der Waals surface area contributed by atoms with Gasteiger partial charge in [0.1, 0.15) is 0 Å². The molecule has 0 saturated carbocycles. The molecule has 0 fully saturated rings. The minimum Gasteiger partial charge on any atom is -0.454 e. The van der Waals surface area contributed by atoms with Crippen LogP contribution in [0.1, 0.15) is 5.56 Å². The SMILES string of the molecule is Clc1ccc2nc(SCc3cc4c(cc3Br)OCO4)[nH]c2c1. The average molecular weight is 398 g/mol. The third-order valence-corrected chi connectivity index (χ3v) is 5.22. The second-order valence-corrected chi connectivity index (χ2v) is 7.04. The molecule has 0 aliphatic carbocycles. The summed E-state index contributed by atoms with van der Waals surface area (Å²) in [4.78, 5) is 7.82. The van der Waals surface area contributed by atoms with Crippen molar-refractivity contribution in [3.63, 3.8) is 0 Å². The van der Waals surface area contributed by atoms with Crippen LogP contribution in [-0.2, 0) is 5.75 Å². The van der Waals surface area contributed by atoms with Crippen molar-refractivity contribution in [2.45, 2.75) is 10.9 Å². The number of hydrogen-bond acceptors (Lipinski definition) is 4. The summed E-state index contributed by atoms with van der Waals surface area (Å²) in [6, 6.07) is 9.57. The molecular weight excluding hydrogens is 388 g/mol. The number of ether oxygens (including phenoxy) is 2. The number of imidazole rings is 1. The van der Waals surface area contributed by atoms with Gasteiger partial charge in [0.2, 0.25) is 6.79 Å². The number of aromatic amines is 1. The van der Waals surface area contributed by atoms with Crippen molar-refractivity contribution in [1.29, 1.82) is 0 Å². The fourth-order valence-electron chi connectivity index (χ4n) is 2.24. The van der Waals surface area contributed by atoms with Crippen LogP contribution in [0.2, 0.25) is 5.02 Å². The maximum Gasteiger partial charge on any atom is 0.231 e. The molecule has 0 atom stereocenters. The maximum absolute atomic E-state index is 5.99.